The van der Waals surface area contributed by atoms with Crippen molar-refractivity contribution in [2.24, 2.45) is 5.92 Å². The van der Waals surface area contributed by atoms with Crippen molar-refractivity contribution >= 4 is 45.5 Å². The van der Waals surface area contributed by atoms with Crippen molar-refractivity contribution in [3.8, 4) is 0 Å². The van der Waals surface area contributed by atoms with E-state index < -0.39 is 29.7 Å². The van der Waals surface area contributed by atoms with Crippen molar-refractivity contribution in [1.82, 2.24) is 14.6 Å². The molecular weight excluding hydrogens is 390 g/mol. The van der Waals surface area contributed by atoms with Crippen LogP contribution >= 0.6 is 11.6 Å². The van der Waals surface area contributed by atoms with Gasteiger partial charge in [-0.3, -0.25) is 19.1 Å². The molecule has 28 heavy (non-hydrogen) atoms. The number of fused-ring (bicyclic) bond motifs is 3. The van der Waals surface area contributed by atoms with Crippen LogP contribution in [-0.2, 0) is 4.79 Å². The summed E-state index contributed by atoms with van der Waals surface area (Å²) in [4.78, 5) is 38.1. The minimum Gasteiger partial charge on any atom is -0.481 e. The van der Waals surface area contributed by atoms with Crippen molar-refractivity contribution in [3.63, 3.8) is 0 Å². The Balaban J connectivity index is 2.16. The highest BCUT2D eigenvalue weighted by molar-refractivity contribution is 6.37. The van der Waals surface area contributed by atoms with Gasteiger partial charge in [-0.05, 0) is 31.9 Å². The zero-order valence-electron chi connectivity index (χ0n) is 14.8. The molecule has 0 spiro atoms. The Hall–Kier alpha value is -3.07. The summed E-state index contributed by atoms with van der Waals surface area (Å²) in [6.07, 6.45) is -1.86. The van der Waals surface area contributed by atoms with Gasteiger partial charge < -0.3 is 14.7 Å². The number of aromatic nitrogens is 2. The molecular formula is C18H16ClN3O6. The first kappa shape index (κ1) is 18.3. The number of amides is 1. The number of hydrogen-bond donors (Lipinski definition) is 2. The number of aliphatic carboxylic acids is 1. The molecule has 1 aliphatic heterocycles. The number of nitrogens with zero attached hydrogens (tertiary/aromatic N) is 3. The number of carboxylic acids is 1. The molecule has 1 amide bonds. The summed E-state index contributed by atoms with van der Waals surface area (Å²) in [5.41, 5.74) is 0.0135. The lowest BCUT2D eigenvalue weighted by Crippen LogP contribution is -2.50. The van der Waals surface area contributed by atoms with Gasteiger partial charge in [0.2, 0.25) is 0 Å². The Morgan fingerprint density at radius 2 is 2.04 bits per heavy atom. The Kier molecular flexibility index (Phi) is 4.26. The number of carbonyl (C=O) groups is 2. The topological polar surface area (TPSA) is 126 Å². The fraction of sp³-hybridized carbons (Fsp3) is 0.333. The number of pyridine rings is 1. The molecule has 4 rings (SSSR count). The van der Waals surface area contributed by atoms with Crippen LogP contribution in [0.2, 0.25) is 5.02 Å². The van der Waals surface area contributed by atoms with Crippen molar-refractivity contribution in [2.45, 2.75) is 25.9 Å². The number of benzene rings is 1. The maximum Gasteiger partial charge on any atom is 0.408 e. The smallest absolute Gasteiger partial charge is 0.408 e. The summed E-state index contributed by atoms with van der Waals surface area (Å²) in [5, 5.41) is 24.2. The number of rotatable bonds is 2. The molecule has 1 saturated heterocycles. The highest BCUT2D eigenvalue weighted by Gasteiger charge is 2.41. The molecule has 2 unspecified atom stereocenters. The zero-order valence-corrected chi connectivity index (χ0v) is 15.5. The van der Waals surface area contributed by atoms with E-state index >= 15 is 0 Å². The number of piperidine rings is 1. The Labute approximate surface area is 162 Å². The van der Waals surface area contributed by atoms with E-state index in [2.05, 4.69) is 5.16 Å². The summed E-state index contributed by atoms with van der Waals surface area (Å²) in [6, 6.07) is 4.83. The van der Waals surface area contributed by atoms with Crippen LogP contribution in [0.15, 0.2) is 27.5 Å². The average Bonchev–Trinajstić information content (AvgIpc) is 3.03. The third-order valence-electron chi connectivity index (χ3n) is 5.20. The van der Waals surface area contributed by atoms with Gasteiger partial charge in [0, 0.05) is 11.9 Å². The maximum atomic E-state index is 13.4. The van der Waals surface area contributed by atoms with Crippen LogP contribution in [0, 0.1) is 12.8 Å². The lowest BCUT2D eigenvalue weighted by atomic mass is 9.93. The van der Waals surface area contributed by atoms with Crippen molar-refractivity contribution in [3.05, 3.63) is 39.3 Å². The normalized spacial score (nSPS) is 20.0. The predicted octanol–water partition coefficient (Wildman–Crippen LogP) is 3.08. The van der Waals surface area contributed by atoms with Gasteiger partial charge in [0.25, 0.3) is 5.56 Å². The van der Waals surface area contributed by atoms with Gasteiger partial charge in [-0.1, -0.05) is 22.8 Å². The van der Waals surface area contributed by atoms with E-state index in [9.17, 15) is 24.6 Å². The molecule has 10 heteroatoms. The van der Waals surface area contributed by atoms with E-state index in [0.29, 0.717) is 22.3 Å². The van der Waals surface area contributed by atoms with E-state index in [-0.39, 0.29) is 29.6 Å². The SMILES string of the molecule is Cc1onc2c1c(=O)n(C1C(C(=O)O)CCCN1C(=O)O)c1cccc(Cl)c21. The second kappa shape index (κ2) is 6.52. The molecule has 3 heterocycles. The van der Waals surface area contributed by atoms with Gasteiger partial charge >= 0.3 is 12.1 Å². The molecule has 1 fully saturated rings. The molecule has 3 aromatic rings. The van der Waals surface area contributed by atoms with Gasteiger partial charge in [0.1, 0.15) is 22.8 Å². The standard InChI is InChI=1S/C18H16ClN3O6/c1-8-12-14(20-28-8)13-10(19)5-2-6-11(13)22(16(12)23)15-9(17(24)25)4-3-7-21(15)18(26)27/h2,5-6,9,15H,3-4,7H2,1H3,(H,24,25)(H,26,27). The number of aryl methyl sites for hydroxylation is 1. The number of likely N-dealkylation sites (tertiary alicyclic amines) is 1. The zero-order chi connectivity index (χ0) is 20.2. The monoisotopic (exact) mass is 405 g/mol. The van der Waals surface area contributed by atoms with Crippen LogP contribution in [-0.4, -0.2) is 43.4 Å². The molecule has 1 aliphatic rings. The minimum atomic E-state index is -1.29. The highest BCUT2D eigenvalue weighted by Crippen LogP contribution is 2.37. The summed E-state index contributed by atoms with van der Waals surface area (Å²) in [5.74, 6) is -2.00. The van der Waals surface area contributed by atoms with Crippen molar-refractivity contribution < 1.29 is 24.3 Å². The summed E-state index contributed by atoms with van der Waals surface area (Å²) in [7, 11) is 0. The largest absolute Gasteiger partial charge is 0.481 e. The van der Waals surface area contributed by atoms with Gasteiger partial charge in [-0.25, -0.2) is 4.79 Å². The quantitative estimate of drug-likeness (QED) is 0.670. The van der Waals surface area contributed by atoms with Crippen LogP contribution in [0.3, 0.4) is 0 Å². The summed E-state index contributed by atoms with van der Waals surface area (Å²) >= 11 is 6.36. The lowest BCUT2D eigenvalue weighted by Gasteiger charge is -2.39. The molecule has 0 radical (unpaired) electrons. The Morgan fingerprint density at radius 3 is 2.71 bits per heavy atom. The van der Waals surface area contributed by atoms with Crippen molar-refractivity contribution in [2.75, 3.05) is 6.54 Å². The maximum absolute atomic E-state index is 13.4. The average molecular weight is 406 g/mol. The van der Waals surface area contributed by atoms with Crippen LogP contribution in [0.4, 0.5) is 4.79 Å². The van der Waals surface area contributed by atoms with Crippen LogP contribution < -0.4 is 5.56 Å². The third-order valence-corrected chi connectivity index (χ3v) is 5.52. The van der Waals surface area contributed by atoms with E-state index in [1.165, 1.54) is 4.57 Å². The second-order valence-corrected chi connectivity index (χ2v) is 7.16. The van der Waals surface area contributed by atoms with E-state index in [4.69, 9.17) is 16.1 Å². The first-order chi connectivity index (χ1) is 13.3. The third kappa shape index (κ3) is 2.54. The van der Waals surface area contributed by atoms with E-state index in [1.807, 2.05) is 0 Å². The lowest BCUT2D eigenvalue weighted by molar-refractivity contribution is -0.147. The molecule has 1 aromatic carbocycles. The first-order valence-electron chi connectivity index (χ1n) is 8.64. The molecule has 0 saturated carbocycles. The van der Waals surface area contributed by atoms with Crippen LogP contribution in [0.1, 0.15) is 24.8 Å². The number of halogens is 1. The molecule has 0 aliphatic carbocycles. The Bertz CT molecular complexity index is 1160. The Morgan fingerprint density at radius 1 is 1.29 bits per heavy atom. The van der Waals surface area contributed by atoms with Gasteiger partial charge in [0.05, 0.1) is 16.5 Å². The molecule has 2 atom stereocenters. The molecule has 2 aromatic heterocycles. The van der Waals surface area contributed by atoms with Gasteiger partial charge in [-0.15, -0.1) is 0 Å². The highest BCUT2D eigenvalue weighted by atomic mass is 35.5. The number of carboxylic acid groups (broad SMARTS) is 2. The molecule has 0 bridgehead atoms. The van der Waals surface area contributed by atoms with E-state index in [0.717, 1.165) is 4.90 Å². The van der Waals surface area contributed by atoms with E-state index in [1.54, 1.807) is 25.1 Å². The predicted molar refractivity (Wildman–Crippen MR) is 99.6 cm³/mol. The fourth-order valence-electron chi connectivity index (χ4n) is 3.99. The first-order valence-corrected chi connectivity index (χ1v) is 9.01. The summed E-state index contributed by atoms with van der Waals surface area (Å²) < 4.78 is 6.39. The minimum absolute atomic E-state index is 0.124. The van der Waals surface area contributed by atoms with Crippen LogP contribution in [0.25, 0.3) is 21.8 Å². The molecule has 2 N–H and O–H groups in total. The molecule has 146 valence electrons. The summed E-state index contributed by atoms with van der Waals surface area (Å²) in [6.45, 7) is 1.69. The molecule has 9 nitrogen and oxygen atoms in total. The van der Waals surface area contributed by atoms with Gasteiger partial charge in [0.15, 0.2) is 0 Å². The second-order valence-electron chi connectivity index (χ2n) is 6.75. The van der Waals surface area contributed by atoms with Gasteiger partial charge in [-0.2, -0.15) is 0 Å². The number of hydrogen-bond acceptors (Lipinski definition) is 5. The van der Waals surface area contributed by atoms with Crippen molar-refractivity contribution in [1.29, 1.82) is 0 Å². The van der Waals surface area contributed by atoms with Crippen LogP contribution in [0.5, 0.6) is 0 Å². The fourth-order valence-corrected chi connectivity index (χ4v) is 4.25.